The number of methoxy groups -OCH3 is 1. The molecule has 1 N–H and O–H groups in total. The van der Waals surface area contributed by atoms with E-state index in [2.05, 4.69) is 38.8 Å². The highest BCUT2D eigenvalue weighted by Crippen LogP contribution is 2.38. The lowest BCUT2D eigenvalue weighted by atomic mass is 10.1. The molecule has 0 saturated carbocycles. The summed E-state index contributed by atoms with van der Waals surface area (Å²) in [4.78, 5) is 8.13. The maximum Gasteiger partial charge on any atom is 0.139 e. The second kappa shape index (κ2) is 10.1. The van der Waals surface area contributed by atoms with Gasteiger partial charge in [0.25, 0.3) is 0 Å². The summed E-state index contributed by atoms with van der Waals surface area (Å²) in [5.41, 5.74) is 4.73. The van der Waals surface area contributed by atoms with E-state index in [9.17, 15) is 0 Å². The largest absolute Gasteiger partial charge is 0.495 e. The highest BCUT2D eigenvalue weighted by molar-refractivity contribution is 7.13. The minimum Gasteiger partial charge on any atom is -0.495 e. The van der Waals surface area contributed by atoms with Crippen LogP contribution in [0.3, 0.4) is 0 Å². The predicted octanol–water partition coefficient (Wildman–Crippen LogP) is 6.79. The summed E-state index contributed by atoms with van der Waals surface area (Å²) in [6, 6.07) is 11.7. The first kappa shape index (κ1) is 23.4. The zero-order valence-corrected chi connectivity index (χ0v) is 20.9. The molecular formula is C26H22Cl2N3O2S. The van der Waals surface area contributed by atoms with Crippen LogP contribution in [-0.4, -0.2) is 43.3 Å². The molecule has 1 aliphatic rings. The van der Waals surface area contributed by atoms with Gasteiger partial charge in [-0.1, -0.05) is 35.3 Å². The standard InChI is InChI=1S/C26H22Cl2N3O2S/c1-16-13-29-22-10-18(25-9-17(15-34-25)14-31-5-7-33-8-6-31)3-4-19(22)26(16)30-23-12-24(32-2)21(28)11-20(23)27/h3-4,9-13,15H,5-8,14H2,2H3,(H,29,30). The maximum absolute atomic E-state index is 8.42. The van der Waals surface area contributed by atoms with Gasteiger partial charge < -0.3 is 14.8 Å². The highest BCUT2D eigenvalue weighted by Gasteiger charge is 2.15. The average molecular weight is 511 g/mol. The van der Waals surface area contributed by atoms with Gasteiger partial charge in [-0.25, -0.2) is 0 Å². The Bertz CT molecular complexity index is 1340. The van der Waals surface area contributed by atoms with Gasteiger partial charge in [0.15, 0.2) is 0 Å². The van der Waals surface area contributed by atoms with E-state index in [1.807, 2.05) is 6.07 Å². The normalized spacial score (nSPS) is 14.5. The van der Waals surface area contributed by atoms with Gasteiger partial charge in [0.05, 0.1) is 47.3 Å². The second-order valence-electron chi connectivity index (χ2n) is 8.08. The van der Waals surface area contributed by atoms with Gasteiger partial charge >= 0.3 is 0 Å². The fourth-order valence-corrected chi connectivity index (χ4v) is 5.44. The van der Waals surface area contributed by atoms with E-state index >= 15 is 0 Å². The van der Waals surface area contributed by atoms with Crippen LogP contribution in [0.25, 0.3) is 21.3 Å². The summed E-state index contributed by atoms with van der Waals surface area (Å²) in [5, 5.41) is 7.21. The van der Waals surface area contributed by atoms with Crippen molar-refractivity contribution in [3.05, 3.63) is 76.1 Å². The molecule has 34 heavy (non-hydrogen) atoms. The van der Waals surface area contributed by atoms with Crippen LogP contribution < -0.4 is 10.1 Å². The topological polar surface area (TPSA) is 46.6 Å². The predicted molar refractivity (Wildman–Crippen MR) is 140 cm³/mol. The molecule has 1 saturated heterocycles. The molecule has 2 aromatic heterocycles. The summed E-state index contributed by atoms with van der Waals surface area (Å²) in [5.74, 6) is 0.506. The van der Waals surface area contributed by atoms with E-state index in [1.165, 1.54) is 10.4 Å². The van der Waals surface area contributed by atoms with Crippen molar-refractivity contribution >= 4 is 56.8 Å². The molecule has 5 nitrogen and oxygen atoms in total. The molecule has 0 atom stereocenters. The molecule has 4 aromatic rings. The minimum absolute atomic E-state index is 0.272. The molecular weight excluding hydrogens is 489 g/mol. The average Bonchev–Trinajstić information content (AvgIpc) is 3.31. The van der Waals surface area contributed by atoms with Gasteiger partial charge in [0.1, 0.15) is 5.75 Å². The number of anilines is 2. The smallest absolute Gasteiger partial charge is 0.139 e. The van der Waals surface area contributed by atoms with Crippen LogP contribution in [-0.2, 0) is 11.3 Å². The SMILES string of the molecule is [C]c1cnc2cc(-c3cc(CN4CCOCC4)cs3)ccc2c1Nc1cc(OC)c(Cl)cc1Cl. The first-order valence-electron chi connectivity index (χ1n) is 10.8. The van der Waals surface area contributed by atoms with Crippen molar-refractivity contribution in [2.24, 2.45) is 0 Å². The third-order valence-electron chi connectivity index (χ3n) is 5.82. The van der Waals surface area contributed by atoms with Gasteiger partial charge in [-0.2, -0.15) is 0 Å². The van der Waals surface area contributed by atoms with Crippen molar-refractivity contribution in [3.8, 4) is 16.2 Å². The zero-order valence-electron chi connectivity index (χ0n) is 18.5. The number of fused-ring (bicyclic) bond motifs is 1. The lowest BCUT2D eigenvalue weighted by Crippen LogP contribution is -2.35. The molecule has 8 heteroatoms. The number of rotatable bonds is 6. The third kappa shape index (κ3) is 4.88. The highest BCUT2D eigenvalue weighted by atomic mass is 35.5. The van der Waals surface area contributed by atoms with Gasteiger partial charge in [-0.05, 0) is 34.7 Å². The molecule has 0 aliphatic carbocycles. The van der Waals surface area contributed by atoms with Gasteiger partial charge in [-0.3, -0.25) is 9.88 Å². The number of hydrogen-bond donors (Lipinski definition) is 1. The summed E-state index contributed by atoms with van der Waals surface area (Å²) in [6.07, 6.45) is 1.55. The second-order valence-corrected chi connectivity index (χ2v) is 9.80. The van der Waals surface area contributed by atoms with Crippen LogP contribution in [0.5, 0.6) is 5.75 Å². The molecule has 1 fully saturated rings. The molecule has 3 radical (unpaired) electrons. The number of nitrogens with zero attached hydrogens (tertiary/aromatic N) is 2. The van der Waals surface area contributed by atoms with Crippen molar-refractivity contribution in [2.75, 3.05) is 38.7 Å². The molecule has 0 unspecified atom stereocenters. The van der Waals surface area contributed by atoms with Crippen LogP contribution in [0.1, 0.15) is 11.1 Å². The Kier molecular flexibility index (Phi) is 6.95. The summed E-state index contributed by atoms with van der Waals surface area (Å²) in [7, 11) is 1.55. The number of aromatic nitrogens is 1. The first-order valence-corrected chi connectivity index (χ1v) is 12.5. The van der Waals surface area contributed by atoms with Crippen molar-refractivity contribution < 1.29 is 9.47 Å². The van der Waals surface area contributed by atoms with E-state index in [4.69, 9.17) is 39.6 Å². The quantitative estimate of drug-likeness (QED) is 0.309. The molecule has 2 aromatic carbocycles. The molecule has 0 spiro atoms. The van der Waals surface area contributed by atoms with Crippen molar-refractivity contribution in [3.63, 3.8) is 0 Å². The number of ether oxygens (including phenoxy) is 2. The number of nitrogens with one attached hydrogen (secondary N) is 1. The van der Waals surface area contributed by atoms with Gasteiger partial charge in [-0.15, -0.1) is 11.3 Å². The fraction of sp³-hybridized carbons (Fsp3) is 0.231. The molecule has 1 aliphatic heterocycles. The Hall–Kier alpha value is -2.35. The molecule has 0 amide bonds. The van der Waals surface area contributed by atoms with E-state index in [0.29, 0.717) is 27.2 Å². The molecule has 3 heterocycles. The number of pyridine rings is 1. The molecule has 5 rings (SSSR count). The molecule has 173 valence electrons. The van der Waals surface area contributed by atoms with Crippen molar-refractivity contribution in [2.45, 2.75) is 6.54 Å². The van der Waals surface area contributed by atoms with E-state index in [0.717, 1.165) is 49.3 Å². The first-order chi connectivity index (χ1) is 16.5. The lowest BCUT2D eigenvalue weighted by molar-refractivity contribution is 0.0342. The van der Waals surface area contributed by atoms with Crippen molar-refractivity contribution in [1.29, 1.82) is 0 Å². The Morgan fingerprint density at radius 1 is 1.15 bits per heavy atom. The van der Waals surface area contributed by atoms with E-state index in [-0.39, 0.29) is 5.56 Å². The lowest BCUT2D eigenvalue weighted by Gasteiger charge is -2.26. The Labute approximate surface area is 213 Å². The van der Waals surface area contributed by atoms with E-state index < -0.39 is 0 Å². The Morgan fingerprint density at radius 3 is 2.76 bits per heavy atom. The number of morpholine rings is 1. The van der Waals surface area contributed by atoms with Gasteiger partial charge in [0.2, 0.25) is 0 Å². The van der Waals surface area contributed by atoms with Crippen LogP contribution in [0, 0.1) is 6.92 Å². The van der Waals surface area contributed by atoms with Crippen molar-refractivity contribution in [1.82, 2.24) is 9.88 Å². The van der Waals surface area contributed by atoms with Crippen LogP contribution in [0.15, 0.2) is 48.0 Å². The molecule has 0 bridgehead atoms. The summed E-state index contributed by atoms with van der Waals surface area (Å²) < 4.78 is 10.8. The third-order valence-corrected chi connectivity index (χ3v) is 7.45. The maximum atomic E-state index is 8.42. The van der Waals surface area contributed by atoms with Crippen LogP contribution in [0.2, 0.25) is 10.0 Å². The monoisotopic (exact) mass is 510 g/mol. The van der Waals surface area contributed by atoms with Crippen LogP contribution >= 0.6 is 34.5 Å². The summed E-state index contributed by atoms with van der Waals surface area (Å²) in [6.45, 7) is 12.9. The Balaban J connectivity index is 1.44. The van der Waals surface area contributed by atoms with E-state index in [1.54, 1.807) is 36.8 Å². The Morgan fingerprint density at radius 2 is 1.97 bits per heavy atom. The van der Waals surface area contributed by atoms with Gasteiger partial charge in [0, 0.05) is 54.6 Å². The minimum atomic E-state index is 0.272. The number of halogens is 2. The number of hydrogen-bond acceptors (Lipinski definition) is 6. The number of thiophene rings is 1. The zero-order chi connectivity index (χ0) is 23.7. The summed E-state index contributed by atoms with van der Waals surface area (Å²) >= 11 is 14.3. The van der Waals surface area contributed by atoms with Crippen LogP contribution in [0.4, 0.5) is 11.4 Å². The fourth-order valence-electron chi connectivity index (χ4n) is 4.02. The number of benzene rings is 2.